The molecule has 4 nitrogen and oxygen atoms in total. The van der Waals surface area contributed by atoms with Crippen LogP contribution in [0.2, 0.25) is 0 Å². The van der Waals surface area contributed by atoms with Crippen molar-refractivity contribution in [3.8, 4) is 5.75 Å². The predicted octanol–water partition coefficient (Wildman–Crippen LogP) is 1.59. The highest BCUT2D eigenvalue weighted by molar-refractivity contribution is 5.27. The quantitative estimate of drug-likeness (QED) is 0.813. The number of nitrogens with zero attached hydrogens (tertiary/aromatic N) is 2. The molecule has 0 saturated carbocycles. The van der Waals surface area contributed by atoms with E-state index in [1.54, 1.807) is 6.07 Å². The van der Waals surface area contributed by atoms with E-state index in [0.717, 1.165) is 24.5 Å². The van der Waals surface area contributed by atoms with E-state index in [1.807, 2.05) is 13.0 Å². The van der Waals surface area contributed by atoms with Gasteiger partial charge in [-0.05, 0) is 31.9 Å². The Morgan fingerprint density at radius 2 is 2.06 bits per heavy atom. The van der Waals surface area contributed by atoms with Crippen molar-refractivity contribution in [1.29, 1.82) is 0 Å². The van der Waals surface area contributed by atoms with Crippen LogP contribution < -0.4 is 5.43 Å². The van der Waals surface area contributed by atoms with Gasteiger partial charge in [-0.2, -0.15) is 0 Å². The summed E-state index contributed by atoms with van der Waals surface area (Å²) in [6, 6.07) is 3.52. The van der Waals surface area contributed by atoms with Gasteiger partial charge in [0.15, 0.2) is 0 Å². The van der Waals surface area contributed by atoms with Gasteiger partial charge in [0.1, 0.15) is 5.75 Å². The van der Waals surface area contributed by atoms with Gasteiger partial charge in [-0.1, -0.05) is 6.42 Å². The molecule has 0 unspecified atom stereocenters. The largest absolute Gasteiger partial charge is 0.506 e. The monoisotopic (exact) mass is 221 g/mol. The number of aromatic hydroxyl groups is 1. The van der Waals surface area contributed by atoms with Crippen LogP contribution in [0.3, 0.4) is 0 Å². The molecule has 1 saturated heterocycles. The van der Waals surface area contributed by atoms with Gasteiger partial charge in [-0.15, -0.1) is 0 Å². The lowest BCUT2D eigenvalue weighted by atomic mass is 10.2. The van der Waals surface area contributed by atoms with Gasteiger partial charge in [-0.3, -0.25) is 4.98 Å². The zero-order chi connectivity index (χ0) is 11.4. The highest BCUT2D eigenvalue weighted by Gasteiger charge is 2.10. The zero-order valence-electron chi connectivity index (χ0n) is 9.74. The molecule has 2 rings (SSSR count). The minimum Gasteiger partial charge on any atom is -0.506 e. The molecule has 2 N–H and O–H groups in total. The summed E-state index contributed by atoms with van der Waals surface area (Å²) in [5.74, 6) is 0.273. The predicted molar refractivity (Wildman–Crippen MR) is 62.9 cm³/mol. The van der Waals surface area contributed by atoms with E-state index < -0.39 is 0 Å². The lowest BCUT2D eigenvalue weighted by molar-refractivity contribution is 0.149. The summed E-state index contributed by atoms with van der Waals surface area (Å²) < 4.78 is 0. The lowest BCUT2D eigenvalue weighted by Gasteiger charge is -2.27. The molecule has 16 heavy (non-hydrogen) atoms. The number of hydrazine groups is 1. The number of aryl methyl sites for hydroxylation is 1. The molecular formula is C12H19N3O. The van der Waals surface area contributed by atoms with Crippen LogP contribution in [0.4, 0.5) is 0 Å². The normalized spacial score (nSPS) is 17.6. The van der Waals surface area contributed by atoms with E-state index in [0.29, 0.717) is 6.54 Å². The van der Waals surface area contributed by atoms with Gasteiger partial charge < -0.3 is 5.11 Å². The maximum atomic E-state index is 9.64. The van der Waals surface area contributed by atoms with Gasteiger partial charge in [0.2, 0.25) is 0 Å². The Labute approximate surface area is 96.3 Å². The summed E-state index contributed by atoms with van der Waals surface area (Å²) in [7, 11) is 0. The average molecular weight is 221 g/mol. The first-order valence-corrected chi connectivity index (χ1v) is 5.89. The van der Waals surface area contributed by atoms with Crippen molar-refractivity contribution >= 4 is 0 Å². The number of piperidine rings is 1. The van der Waals surface area contributed by atoms with Crippen molar-refractivity contribution in [2.75, 3.05) is 13.1 Å². The van der Waals surface area contributed by atoms with Crippen molar-refractivity contribution in [1.82, 2.24) is 15.4 Å². The second kappa shape index (κ2) is 5.27. The van der Waals surface area contributed by atoms with Crippen LogP contribution in [-0.2, 0) is 6.54 Å². The summed E-state index contributed by atoms with van der Waals surface area (Å²) in [4.78, 5) is 4.32. The average Bonchev–Trinajstić information content (AvgIpc) is 2.32. The van der Waals surface area contributed by atoms with Crippen LogP contribution in [0.15, 0.2) is 12.1 Å². The molecule has 1 aromatic rings. The highest BCUT2D eigenvalue weighted by Crippen LogP contribution is 2.15. The van der Waals surface area contributed by atoms with Gasteiger partial charge >= 0.3 is 0 Å². The van der Waals surface area contributed by atoms with Crippen molar-refractivity contribution in [2.24, 2.45) is 0 Å². The van der Waals surface area contributed by atoms with E-state index in [4.69, 9.17) is 0 Å². The zero-order valence-corrected chi connectivity index (χ0v) is 9.74. The van der Waals surface area contributed by atoms with Crippen LogP contribution in [0.5, 0.6) is 5.75 Å². The van der Waals surface area contributed by atoms with Gasteiger partial charge in [0, 0.05) is 18.8 Å². The minimum atomic E-state index is 0.273. The van der Waals surface area contributed by atoms with E-state index in [1.165, 1.54) is 19.3 Å². The highest BCUT2D eigenvalue weighted by atomic mass is 16.3. The molecular weight excluding hydrogens is 202 g/mol. The Morgan fingerprint density at radius 1 is 1.31 bits per heavy atom. The molecule has 0 amide bonds. The fourth-order valence-corrected chi connectivity index (χ4v) is 1.97. The fourth-order valence-electron chi connectivity index (χ4n) is 1.97. The van der Waals surface area contributed by atoms with Gasteiger partial charge in [0.25, 0.3) is 0 Å². The molecule has 1 aliphatic rings. The topological polar surface area (TPSA) is 48.4 Å². The second-order valence-electron chi connectivity index (χ2n) is 4.30. The van der Waals surface area contributed by atoms with Crippen LogP contribution in [-0.4, -0.2) is 28.2 Å². The second-order valence-corrected chi connectivity index (χ2v) is 4.30. The smallest absolute Gasteiger partial charge is 0.138 e. The number of hydrogen-bond acceptors (Lipinski definition) is 4. The third-order valence-electron chi connectivity index (χ3n) is 2.92. The first-order chi connectivity index (χ1) is 7.75. The number of aromatic nitrogens is 1. The maximum absolute atomic E-state index is 9.64. The Hall–Kier alpha value is -1.13. The molecule has 1 aromatic heterocycles. The molecule has 4 heteroatoms. The third-order valence-corrected chi connectivity index (χ3v) is 2.92. The van der Waals surface area contributed by atoms with E-state index in [9.17, 15) is 5.11 Å². The van der Waals surface area contributed by atoms with E-state index in [2.05, 4.69) is 15.4 Å². The molecule has 1 fully saturated rings. The SMILES string of the molecule is Cc1ccc(O)c(CNN2CCCCC2)n1. The van der Waals surface area contributed by atoms with Crippen molar-refractivity contribution in [3.05, 3.63) is 23.5 Å². The van der Waals surface area contributed by atoms with Gasteiger partial charge in [-0.25, -0.2) is 10.4 Å². The number of pyridine rings is 1. The third kappa shape index (κ3) is 2.93. The Balaban J connectivity index is 1.90. The summed E-state index contributed by atoms with van der Waals surface area (Å²) in [5.41, 5.74) is 4.98. The van der Waals surface area contributed by atoms with Gasteiger partial charge in [0.05, 0.1) is 12.2 Å². The van der Waals surface area contributed by atoms with Crippen molar-refractivity contribution < 1.29 is 5.11 Å². The molecule has 0 atom stereocenters. The molecule has 0 spiro atoms. The van der Waals surface area contributed by atoms with Crippen molar-refractivity contribution in [2.45, 2.75) is 32.7 Å². The standard InChI is InChI=1S/C12H19N3O/c1-10-5-6-12(16)11(14-10)9-13-15-7-3-2-4-8-15/h5-6,13,16H,2-4,7-9H2,1H3. The van der Waals surface area contributed by atoms with Crippen LogP contribution in [0, 0.1) is 6.92 Å². The molecule has 0 aliphatic carbocycles. The lowest BCUT2D eigenvalue weighted by Crippen LogP contribution is -2.41. The fraction of sp³-hybridized carbons (Fsp3) is 0.583. The molecule has 0 radical (unpaired) electrons. The molecule has 88 valence electrons. The molecule has 2 heterocycles. The summed E-state index contributed by atoms with van der Waals surface area (Å²) >= 11 is 0. The molecule has 1 aliphatic heterocycles. The Bertz CT molecular complexity index is 348. The number of hydrogen-bond donors (Lipinski definition) is 2. The molecule has 0 aromatic carbocycles. The summed E-state index contributed by atoms with van der Waals surface area (Å²) in [6.45, 7) is 4.72. The minimum absolute atomic E-state index is 0.273. The first-order valence-electron chi connectivity index (χ1n) is 5.89. The Kier molecular flexibility index (Phi) is 3.74. The summed E-state index contributed by atoms with van der Waals surface area (Å²) in [6.07, 6.45) is 3.83. The van der Waals surface area contributed by atoms with Crippen molar-refractivity contribution in [3.63, 3.8) is 0 Å². The summed E-state index contributed by atoms with van der Waals surface area (Å²) in [5, 5.41) is 11.9. The van der Waals surface area contributed by atoms with Crippen LogP contribution in [0.1, 0.15) is 30.7 Å². The van der Waals surface area contributed by atoms with Crippen LogP contribution in [0.25, 0.3) is 0 Å². The van der Waals surface area contributed by atoms with E-state index in [-0.39, 0.29) is 5.75 Å². The Morgan fingerprint density at radius 3 is 2.81 bits per heavy atom. The van der Waals surface area contributed by atoms with E-state index >= 15 is 0 Å². The first kappa shape index (κ1) is 11.4. The van der Waals surface area contributed by atoms with Crippen LogP contribution >= 0.6 is 0 Å². The maximum Gasteiger partial charge on any atom is 0.138 e. The number of rotatable bonds is 3. The number of nitrogens with one attached hydrogen (secondary N) is 1. The molecule has 0 bridgehead atoms.